The molecule has 0 aliphatic carbocycles. The lowest BCUT2D eigenvalue weighted by atomic mass is 10.1. The van der Waals surface area contributed by atoms with Crippen LogP contribution >= 0.6 is 0 Å². The zero-order valence-electron chi connectivity index (χ0n) is 25.0. The minimum Gasteiger partial charge on any atom is -0.444 e. The van der Waals surface area contributed by atoms with Crippen LogP contribution in [0.2, 0.25) is 0 Å². The first kappa shape index (κ1) is 29.0. The van der Waals surface area contributed by atoms with Crippen molar-refractivity contribution in [3.8, 4) is 0 Å². The molecular formula is C30H38N8O4. The molecule has 1 amide bonds. The van der Waals surface area contributed by atoms with E-state index in [-0.39, 0.29) is 12.6 Å². The van der Waals surface area contributed by atoms with Crippen molar-refractivity contribution in [1.29, 1.82) is 0 Å². The number of ether oxygens (including phenoxy) is 1. The molecule has 0 spiro atoms. The Morgan fingerprint density at radius 1 is 1.17 bits per heavy atom. The Labute approximate surface area is 243 Å². The maximum Gasteiger partial charge on any atom is 0.407 e. The molecule has 5 rings (SSSR count). The van der Waals surface area contributed by atoms with Gasteiger partial charge in [-0.15, -0.1) is 0 Å². The van der Waals surface area contributed by atoms with E-state index >= 15 is 0 Å². The summed E-state index contributed by atoms with van der Waals surface area (Å²) in [5.74, 6) is 0.582. The van der Waals surface area contributed by atoms with Crippen molar-refractivity contribution < 1.29 is 9.53 Å². The number of nitrogens with one attached hydrogen (secondary N) is 1. The maximum absolute atomic E-state index is 14.1. The van der Waals surface area contributed by atoms with Gasteiger partial charge in [-0.05, 0) is 53.5 Å². The first-order valence-electron chi connectivity index (χ1n) is 14.2. The van der Waals surface area contributed by atoms with Gasteiger partial charge in [-0.25, -0.2) is 9.59 Å². The molecule has 1 aromatic carbocycles. The Morgan fingerprint density at radius 2 is 1.93 bits per heavy atom. The van der Waals surface area contributed by atoms with Crippen LogP contribution in [0.4, 0.5) is 10.7 Å². The molecule has 0 bridgehead atoms. The number of imidazole rings is 1. The van der Waals surface area contributed by atoms with Crippen molar-refractivity contribution in [1.82, 2.24) is 34.2 Å². The molecule has 222 valence electrons. The summed E-state index contributed by atoms with van der Waals surface area (Å²) in [7, 11) is 1.63. The van der Waals surface area contributed by atoms with Crippen molar-refractivity contribution >= 4 is 34.1 Å². The summed E-state index contributed by atoms with van der Waals surface area (Å²) in [5.41, 5.74) is 1.69. The Bertz CT molecular complexity index is 1780. The number of carbonyl (C=O) groups excluding carboxylic acids is 1. The fourth-order valence-corrected chi connectivity index (χ4v) is 5.30. The summed E-state index contributed by atoms with van der Waals surface area (Å²) in [6.45, 7) is 11.1. The number of anilines is 1. The van der Waals surface area contributed by atoms with Crippen LogP contribution in [0, 0.1) is 0 Å². The van der Waals surface area contributed by atoms with Crippen LogP contribution in [-0.2, 0) is 24.9 Å². The van der Waals surface area contributed by atoms with Gasteiger partial charge in [-0.2, -0.15) is 15.2 Å². The fraction of sp³-hybridized carbons (Fsp3) is 0.467. The molecular weight excluding hydrogens is 536 g/mol. The van der Waals surface area contributed by atoms with Crippen LogP contribution in [0.15, 0.2) is 51.7 Å². The summed E-state index contributed by atoms with van der Waals surface area (Å²) in [6, 6.07) is 7.36. The number of fused-ring (bicyclic) bond motifs is 2. The van der Waals surface area contributed by atoms with Crippen molar-refractivity contribution in [3.63, 3.8) is 0 Å². The largest absolute Gasteiger partial charge is 0.444 e. The van der Waals surface area contributed by atoms with Crippen LogP contribution in [-0.4, -0.2) is 59.7 Å². The normalized spacial score (nSPS) is 15.7. The third kappa shape index (κ3) is 5.93. The van der Waals surface area contributed by atoms with E-state index in [4.69, 9.17) is 9.72 Å². The number of carbonyl (C=O) groups is 1. The quantitative estimate of drug-likeness (QED) is 0.347. The molecule has 42 heavy (non-hydrogen) atoms. The van der Waals surface area contributed by atoms with E-state index in [0.717, 1.165) is 29.4 Å². The van der Waals surface area contributed by atoms with E-state index in [1.807, 2.05) is 69.5 Å². The number of allylic oxidation sites excluding steroid dienone is 2. The Kier molecular flexibility index (Phi) is 7.89. The van der Waals surface area contributed by atoms with Crippen molar-refractivity contribution in [2.24, 2.45) is 7.05 Å². The van der Waals surface area contributed by atoms with Crippen LogP contribution in [0.5, 0.6) is 0 Å². The molecule has 1 atom stereocenters. The van der Waals surface area contributed by atoms with Gasteiger partial charge in [0.1, 0.15) is 5.60 Å². The second-order valence-corrected chi connectivity index (χ2v) is 12.0. The van der Waals surface area contributed by atoms with Gasteiger partial charge in [-0.1, -0.05) is 29.8 Å². The van der Waals surface area contributed by atoms with Gasteiger partial charge < -0.3 is 19.5 Å². The lowest BCUT2D eigenvalue weighted by Gasteiger charge is -2.34. The topological polar surface area (TPSA) is 129 Å². The third-order valence-electron chi connectivity index (χ3n) is 7.28. The Morgan fingerprint density at radius 3 is 2.67 bits per heavy atom. The van der Waals surface area contributed by atoms with Gasteiger partial charge in [0.05, 0.1) is 18.3 Å². The van der Waals surface area contributed by atoms with Gasteiger partial charge in [-0.3, -0.25) is 13.9 Å². The first-order valence-corrected chi connectivity index (χ1v) is 14.2. The van der Waals surface area contributed by atoms with Crippen molar-refractivity contribution in [2.45, 2.75) is 72.2 Å². The van der Waals surface area contributed by atoms with E-state index in [2.05, 4.69) is 20.4 Å². The highest BCUT2D eigenvalue weighted by Gasteiger charge is 2.29. The second-order valence-electron chi connectivity index (χ2n) is 12.0. The van der Waals surface area contributed by atoms with E-state index in [1.54, 1.807) is 13.2 Å². The molecule has 12 nitrogen and oxygen atoms in total. The number of piperidine rings is 1. The summed E-state index contributed by atoms with van der Waals surface area (Å²) in [6.07, 6.45) is 4.77. The number of alkyl carbamates (subject to hydrolysis) is 1. The molecule has 3 aromatic heterocycles. The number of amides is 1. The summed E-state index contributed by atoms with van der Waals surface area (Å²) >= 11 is 0. The molecule has 1 N–H and O–H groups in total. The van der Waals surface area contributed by atoms with Crippen LogP contribution in [0.1, 0.15) is 53.0 Å². The number of aryl methyl sites for hydroxylation is 1. The van der Waals surface area contributed by atoms with Gasteiger partial charge in [0, 0.05) is 43.7 Å². The van der Waals surface area contributed by atoms with Crippen LogP contribution in [0.25, 0.3) is 22.1 Å². The standard InChI is InChI=1S/C30H38N8O4/c1-19(2)13-15-37-24-25(33-27(37)36-14-9-10-21(18-36)32-28(40)42-30(3,4)5)35(6)29(41)38(26(24)39)17-20-16-31-34-23-12-8-7-11-22(20)23/h7-8,11-13,16,21H,9-10,14-15,17-18H2,1-6H3,(H,32,40). The number of rotatable bonds is 6. The Balaban J connectivity index is 1.58. The lowest BCUT2D eigenvalue weighted by Crippen LogP contribution is -2.49. The highest BCUT2D eigenvalue weighted by molar-refractivity contribution is 5.81. The fourth-order valence-electron chi connectivity index (χ4n) is 5.30. The molecule has 0 saturated carbocycles. The van der Waals surface area contributed by atoms with E-state index in [1.165, 1.54) is 9.13 Å². The maximum atomic E-state index is 14.1. The molecule has 4 heterocycles. The van der Waals surface area contributed by atoms with E-state index in [0.29, 0.717) is 42.3 Å². The van der Waals surface area contributed by atoms with Gasteiger partial charge in [0.15, 0.2) is 11.2 Å². The van der Waals surface area contributed by atoms with Gasteiger partial charge >= 0.3 is 11.8 Å². The molecule has 4 aromatic rings. The number of nitrogens with zero attached hydrogens (tertiary/aromatic N) is 7. The molecule has 0 radical (unpaired) electrons. The summed E-state index contributed by atoms with van der Waals surface area (Å²) in [5, 5.41) is 12.1. The average molecular weight is 575 g/mol. The number of hydrogen-bond donors (Lipinski definition) is 1. The molecule has 1 saturated heterocycles. The van der Waals surface area contributed by atoms with E-state index in [9.17, 15) is 14.4 Å². The number of aromatic nitrogens is 6. The number of hydrogen-bond acceptors (Lipinski definition) is 8. The molecule has 12 heteroatoms. The highest BCUT2D eigenvalue weighted by Crippen LogP contribution is 2.24. The zero-order chi connectivity index (χ0) is 30.2. The first-order chi connectivity index (χ1) is 19.9. The molecule has 1 aliphatic heterocycles. The van der Waals surface area contributed by atoms with Gasteiger partial charge in [0.25, 0.3) is 5.56 Å². The highest BCUT2D eigenvalue weighted by atomic mass is 16.6. The minimum atomic E-state index is -0.597. The van der Waals surface area contributed by atoms with Crippen LogP contribution < -0.4 is 21.5 Å². The molecule has 1 unspecified atom stereocenters. The smallest absolute Gasteiger partial charge is 0.407 e. The Hall–Kier alpha value is -4.48. The predicted octanol–water partition coefficient (Wildman–Crippen LogP) is 3.35. The minimum absolute atomic E-state index is 0.0479. The van der Waals surface area contributed by atoms with E-state index < -0.39 is 22.9 Å². The number of benzene rings is 1. The van der Waals surface area contributed by atoms with Gasteiger partial charge in [0.2, 0.25) is 5.95 Å². The second kappa shape index (κ2) is 11.4. The van der Waals surface area contributed by atoms with Crippen LogP contribution in [0.3, 0.4) is 0 Å². The SMILES string of the molecule is CC(C)=CCn1c(N2CCCC(NC(=O)OC(C)(C)C)C2)nc2c1c(=O)n(Cc1cnnc3ccccc13)c(=O)n2C. The zero-order valence-corrected chi connectivity index (χ0v) is 25.0. The van der Waals surface area contributed by atoms with Crippen molar-refractivity contribution in [2.75, 3.05) is 18.0 Å². The molecule has 1 aliphatic rings. The monoisotopic (exact) mass is 574 g/mol. The third-order valence-corrected chi connectivity index (χ3v) is 7.28. The van der Waals surface area contributed by atoms with Crippen molar-refractivity contribution in [3.05, 3.63) is 68.5 Å². The average Bonchev–Trinajstić information content (AvgIpc) is 3.32. The summed E-state index contributed by atoms with van der Waals surface area (Å²) in [4.78, 5) is 47.0. The summed E-state index contributed by atoms with van der Waals surface area (Å²) < 4.78 is 10.0. The predicted molar refractivity (Wildman–Crippen MR) is 162 cm³/mol. The lowest BCUT2D eigenvalue weighted by molar-refractivity contribution is 0.0499. The molecule has 1 fully saturated rings.